The number of nitrogens with two attached hydrogens (primary N) is 1. The van der Waals surface area contributed by atoms with E-state index in [-0.39, 0.29) is 17.2 Å². The van der Waals surface area contributed by atoms with Crippen molar-refractivity contribution in [3.63, 3.8) is 0 Å². The predicted molar refractivity (Wildman–Crippen MR) is 69.2 cm³/mol. The Morgan fingerprint density at radius 3 is 2.83 bits per heavy atom. The van der Waals surface area contributed by atoms with Gasteiger partial charge >= 0.3 is 5.97 Å². The molecule has 2 aromatic rings. The van der Waals surface area contributed by atoms with Gasteiger partial charge in [-0.1, -0.05) is 23.7 Å². The Kier molecular flexibility index (Phi) is 3.79. The van der Waals surface area contributed by atoms with E-state index in [1.165, 1.54) is 0 Å². The topological polar surface area (TPSA) is 65.2 Å². The Hall–Kier alpha value is -2.07. The summed E-state index contributed by atoms with van der Waals surface area (Å²) in [5.41, 5.74) is 6.89. The van der Waals surface area contributed by atoms with Gasteiger partial charge in [-0.2, -0.15) is 0 Å². The largest absolute Gasteiger partial charge is 0.456 e. The summed E-state index contributed by atoms with van der Waals surface area (Å²) in [6.45, 7) is 0.102. The van der Waals surface area contributed by atoms with Crippen molar-refractivity contribution < 1.29 is 9.53 Å². The number of pyridine rings is 1. The zero-order valence-corrected chi connectivity index (χ0v) is 10.2. The van der Waals surface area contributed by atoms with Gasteiger partial charge in [-0.15, -0.1) is 0 Å². The maximum atomic E-state index is 11.8. The molecule has 5 heteroatoms. The van der Waals surface area contributed by atoms with E-state index in [1.54, 1.807) is 36.5 Å². The van der Waals surface area contributed by atoms with Crippen LogP contribution in [0.25, 0.3) is 0 Å². The molecule has 1 heterocycles. The molecule has 1 aromatic heterocycles. The third-order valence-corrected chi connectivity index (χ3v) is 2.75. The van der Waals surface area contributed by atoms with Crippen LogP contribution in [0.1, 0.15) is 16.1 Å². The van der Waals surface area contributed by atoms with E-state index >= 15 is 0 Å². The molecule has 0 aliphatic heterocycles. The summed E-state index contributed by atoms with van der Waals surface area (Å²) >= 11 is 5.93. The summed E-state index contributed by atoms with van der Waals surface area (Å²) in [4.78, 5) is 15.9. The van der Waals surface area contributed by atoms with Crippen LogP contribution in [0.15, 0.2) is 42.6 Å². The minimum absolute atomic E-state index is 0.102. The number of benzene rings is 1. The maximum Gasteiger partial charge on any atom is 0.340 e. The van der Waals surface area contributed by atoms with Crippen molar-refractivity contribution >= 4 is 23.3 Å². The fourth-order valence-corrected chi connectivity index (χ4v) is 1.61. The molecule has 18 heavy (non-hydrogen) atoms. The van der Waals surface area contributed by atoms with Gasteiger partial charge < -0.3 is 10.5 Å². The predicted octanol–water partition coefficient (Wildman–Crippen LogP) is 2.67. The highest BCUT2D eigenvalue weighted by Gasteiger charge is 2.13. The first kappa shape index (κ1) is 12.4. The van der Waals surface area contributed by atoms with E-state index in [2.05, 4.69) is 4.98 Å². The maximum absolute atomic E-state index is 11.8. The highest BCUT2D eigenvalue weighted by Crippen LogP contribution is 2.23. The second kappa shape index (κ2) is 5.51. The third-order valence-electron chi connectivity index (χ3n) is 2.33. The summed E-state index contributed by atoms with van der Waals surface area (Å²) in [5, 5.41) is 0.212. The minimum atomic E-state index is -0.516. The van der Waals surface area contributed by atoms with Gasteiger partial charge in [0.2, 0.25) is 0 Å². The zero-order valence-electron chi connectivity index (χ0n) is 9.47. The van der Waals surface area contributed by atoms with Gasteiger partial charge in [0, 0.05) is 6.20 Å². The molecule has 2 rings (SSSR count). The van der Waals surface area contributed by atoms with E-state index < -0.39 is 5.97 Å². The average molecular weight is 263 g/mol. The van der Waals surface area contributed by atoms with Gasteiger partial charge in [0.05, 0.1) is 22.0 Å². The number of rotatable bonds is 3. The van der Waals surface area contributed by atoms with Crippen LogP contribution in [0.2, 0.25) is 5.02 Å². The van der Waals surface area contributed by atoms with Crippen LogP contribution in [-0.2, 0) is 11.3 Å². The number of anilines is 1. The normalized spacial score (nSPS) is 10.1. The van der Waals surface area contributed by atoms with Crippen LogP contribution >= 0.6 is 11.6 Å². The standard InChI is InChI=1S/C13H11ClN2O2/c14-12-10(5-3-6-11(12)15)13(17)18-8-9-4-1-2-7-16-9/h1-7H,8,15H2. The molecule has 0 aliphatic carbocycles. The van der Waals surface area contributed by atoms with Crippen molar-refractivity contribution in [2.24, 2.45) is 0 Å². The van der Waals surface area contributed by atoms with Crippen LogP contribution < -0.4 is 5.73 Å². The van der Waals surface area contributed by atoms with Gasteiger partial charge in [0.15, 0.2) is 0 Å². The van der Waals surface area contributed by atoms with Crippen LogP contribution in [0.3, 0.4) is 0 Å². The first-order valence-corrected chi connectivity index (χ1v) is 5.67. The van der Waals surface area contributed by atoms with Gasteiger partial charge in [0.25, 0.3) is 0 Å². The zero-order chi connectivity index (χ0) is 13.0. The molecule has 0 saturated carbocycles. The number of nitrogen functional groups attached to an aromatic ring is 1. The van der Waals surface area contributed by atoms with Crippen LogP contribution in [0.5, 0.6) is 0 Å². The quantitative estimate of drug-likeness (QED) is 0.682. The second-order valence-electron chi connectivity index (χ2n) is 3.61. The highest BCUT2D eigenvalue weighted by molar-refractivity contribution is 6.36. The van der Waals surface area contributed by atoms with E-state index in [9.17, 15) is 4.79 Å². The summed E-state index contributed by atoms with van der Waals surface area (Å²) < 4.78 is 5.11. The van der Waals surface area contributed by atoms with Crippen molar-refractivity contribution in [2.75, 3.05) is 5.73 Å². The Labute approximate surface area is 109 Å². The number of ether oxygens (including phenoxy) is 1. The molecule has 2 N–H and O–H groups in total. The molecule has 0 spiro atoms. The monoisotopic (exact) mass is 262 g/mol. The molecular weight excluding hydrogens is 252 g/mol. The molecule has 0 aliphatic rings. The molecule has 0 bridgehead atoms. The third kappa shape index (κ3) is 2.78. The molecule has 0 atom stereocenters. The van der Waals surface area contributed by atoms with Gasteiger partial charge in [0.1, 0.15) is 6.61 Å². The molecular formula is C13H11ClN2O2. The Bertz CT molecular complexity index is 558. The van der Waals surface area contributed by atoms with Crippen LogP contribution in [0.4, 0.5) is 5.69 Å². The number of aromatic nitrogens is 1. The molecule has 0 fully saturated rings. The average Bonchev–Trinajstić information content (AvgIpc) is 2.40. The first-order valence-electron chi connectivity index (χ1n) is 5.29. The molecule has 1 aromatic carbocycles. The SMILES string of the molecule is Nc1cccc(C(=O)OCc2ccccn2)c1Cl. The lowest BCUT2D eigenvalue weighted by atomic mass is 10.2. The second-order valence-corrected chi connectivity index (χ2v) is 3.98. The van der Waals surface area contributed by atoms with E-state index in [0.717, 1.165) is 0 Å². The summed E-state index contributed by atoms with van der Waals surface area (Å²) in [5.74, 6) is -0.516. The number of halogens is 1. The number of esters is 1. The van der Waals surface area contributed by atoms with E-state index in [0.29, 0.717) is 11.4 Å². The van der Waals surface area contributed by atoms with Crippen molar-refractivity contribution in [3.05, 3.63) is 58.9 Å². The van der Waals surface area contributed by atoms with E-state index in [1.807, 2.05) is 6.07 Å². The molecule has 0 saturated heterocycles. The number of hydrogen-bond acceptors (Lipinski definition) is 4. The van der Waals surface area contributed by atoms with Gasteiger partial charge in [-0.3, -0.25) is 4.98 Å². The molecule has 4 nitrogen and oxygen atoms in total. The minimum Gasteiger partial charge on any atom is -0.456 e. The lowest BCUT2D eigenvalue weighted by Crippen LogP contribution is -2.07. The van der Waals surface area contributed by atoms with Gasteiger partial charge in [-0.05, 0) is 24.3 Å². The Balaban J connectivity index is 2.07. The lowest BCUT2D eigenvalue weighted by Gasteiger charge is -2.07. The number of nitrogens with zero attached hydrogens (tertiary/aromatic N) is 1. The van der Waals surface area contributed by atoms with Gasteiger partial charge in [-0.25, -0.2) is 4.79 Å². The van der Waals surface area contributed by atoms with Crippen LogP contribution in [0, 0.1) is 0 Å². The Morgan fingerprint density at radius 1 is 1.28 bits per heavy atom. The lowest BCUT2D eigenvalue weighted by molar-refractivity contribution is 0.0468. The fourth-order valence-electron chi connectivity index (χ4n) is 1.41. The molecule has 0 unspecified atom stereocenters. The number of hydrogen-bond donors (Lipinski definition) is 1. The Morgan fingerprint density at radius 2 is 2.11 bits per heavy atom. The molecule has 0 radical (unpaired) electrons. The summed E-state index contributed by atoms with van der Waals surface area (Å²) in [7, 11) is 0. The molecule has 92 valence electrons. The van der Waals surface area contributed by atoms with Crippen molar-refractivity contribution in [1.82, 2.24) is 4.98 Å². The number of carbonyl (C=O) groups is 1. The van der Waals surface area contributed by atoms with Crippen molar-refractivity contribution in [2.45, 2.75) is 6.61 Å². The summed E-state index contributed by atoms with van der Waals surface area (Å²) in [6, 6.07) is 10.2. The highest BCUT2D eigenvalue weighted by atomic mass is 35.5. The molecule has 0 amide bonds. The van der Waals surface area contributed by atoms with Crippen molar-refractivity contribution in [3.8, 4) is 0 Å². The van der Waals surface area contributed by atoms with Crippen molar-refractivity contribution in [1.29, 1.82) is 0 Å². The van der Waals surface area contributed by atoms with E-state index in [4.69, 9.17) is 22.1 Å². The smallest absolute Gasteiger partial charge is 0.340 e. The van der Waals surface area contributed by atoms with Crippen LogP contribution in [-0.4, -0.2) is 11.0 Å². The number of carbonyl (C=O) groups excluding carboxylic acids is 1. The fraction of sp³-hybridized carbons (Fsp3) is 0.0769. The first-order chi connectivity index (χ1) is 8.68. The summed E-state index contributed by atoms with van der Waals surface area (Å²) in [6.07, 6.45) is 1.64.